The number of carbonyl (C=O) groups excluding carboxylic acids is 1. The Morgan fingerprint density at radius 2 is 2.23 bits per heavy atom. The Morgan fingerprint density at radius 3 is 2.82 bits per heavy atom. The molecule has 0 saturated carbocycles. The molecule has 0 bridgehead atoms. The van der Waals surface area contributed by atoms with E-state index in [0.717, 1.165) is 5.56 Å². The minimum Gasteiger partial charge on any atom is -0.481 e. The number of rotatable bonds is 5. The van der Waals surface area contributed by atoms with Crippen molar-refractivity contribution in [2.75, 3.05) is 18.9 Å². The Labute approximate surface area is 126 Å². The molecule has 0 spiro atoms. The molecule has 2 amide bonds. The smallest absolute Gasteiger partial charge is 0.322 e. The fourth-order valence-corrected chi connectivity index (χ4v) is 1.88. The predicted octanol–water partition coefficient (Wildman–Crippen LogP) is 2.43. The van der Waals surface area contributed by atoms with Gasteiger partial charge in [-0.25, -0.2) is 4.79 Å². The summed E-state index contributed by atoms with van der Waals surface area (Å²) in [4.78, 5) is 24.0. The molecule has 0 aromatic carbocycles. The van der Waals surface area contributed by atoms with Crippen molar-refractivity contribution in [1.82, 2.24) is 10.1 Å². The molecule has 8 heteroatoms. The second-order valence-electron chi connectivity index (χ2n) is 5.02. The molecule has 0 fully saturated rings. The number of furan rings is 1. The number of anilines is 1. The van der Waals surface area contributed by atoms with Crippen LogP contribution in [0, 0.1) is 12.8 Å². The Morgan fingerprint density at radius 1 is 1.50 bits per heavy atom. The van der Waals surface area contributed by atoms with E-state index in [4.69, 9.17) is 14.0 Å². The average molecular weight is 307 g/mol. The fourth-order valence-electron chi connectivity index (χ4n) is 1.88. The van der Waals surface area contributed by atoms with Gasteiger partial charge in [-0.1, -0.05) is 12.1 Å². The van der Waals surface area contributed by atoms with Crippen LogP contribution in [0.15, 0.2) is 27.3 Å². The molecule has 0 saturated heterocycles. The van der Waals surface area contributed by atoms with Crippen LogP contribution < -0.4 is 5.32 Å². The number of aryl methyl sites for hydroxylation is 1. The van der Waals surface area contributed by atoms with Gasteiger partial charge < -0.3 is 18.9 Å². The molecule has 0 aliphatic heterocycles. The summed E-state index contributed by atoms with van der Waals surface area (Å²) in [5.41, 5.74) is 0.751. The highest BCUT2D eigenvalue weighted by Crippen LogP contribution is 2.26. The quantitative estimate of drug-likeness (QED) is 0.878. The maximum Gasteiger partial charge on any atom is 0.322 e. The van der Waals surface area contributed by atoms with Crippen molar-refractivity contribution < 1.29 is 23.6 Å². The van der Waals surface area contributed by atoms with E-state index in [1.54, 1.807) is 19.1 Å². The Kier molecular flexibility index (Phi) is 4.50. The molecule has 0 radical (unpaired) electrons. The van der Waals surface area contributed by atoms with E-state index in [1.165, 1.54) is 25.1 Å². The van der Waals surface area contributed by atoms with Crippen molar-refractivity contribution in [2.45, 2.75) is 13.8 Å². The number of aliphatic carboxylic acids is 1. The van der Waals surface area contributed by atoms with Gasteiger partial charge in [-0.2, -0.15) is 0 Å². The lowest BCUT2D eigenvalue weighted by molar-refractivity contribution is -0.141. The van der Waals surface area contributed by atoms with Gasteiger partial charge in [-0.15, -0.1) is 0 Å². The number of carboxylic acids is 1. The van der Waals surface area contributed by atoms with Crippen LogP contribution in [0.1, 0.15) is 12.7 Å². The molecule has 22 heavy (non-hydrogen) atoms. The van der Waals surface area contributed by atoms with E-state index in [9.17, 15) is 9.59 Å². The van der Waals surface area contributed by atoms with Crippen LogP contribution in [-0.2, 0) is 4.79 Å². The molecule has 1 unspecified atom stereocenters. The van der Waals surface area contributed by atoms with Gasteiger partial charge in [0, 0.05) is 19.7 Å². The summed E-state index contributed by atoms with van der Waals surface area (Å²) in [7, 11) is 1.51. The van der Waals surface area contributed by atoms with Crippen molar-refractivity contribution in [1.29, 1.82) is 0 Å². The Hall–Kier alpha value is -2.77. The highest BCUT2D eigenvalue weighted by molar-refractivity contribution is 5.89. The summed E-state index contributed by atoms with van der Waals surface area (Å²) < 4.78 is 10.3. The standard InChI is InChI=1S/C14H17N3O5/c1-8(13(18)19)7-17(3)14(20)15-12-6-11(22-16-12)10-4-5-21-9(10)2/h4-6,8H,7H2,1-3H3,(H,18,19)(H,15,16,20). The van der Waals surface area contributed by atoms with Crippen molar-refractivity contribution >= 4 is 17.8 Å². The van der Waals surface area contributed by atoms with Crippen LogP contribution in [0.4, 0.5) is 10.6 Å². The number of hydrogen-bond acceptors (Lipinski definition) is 5. The van der Waals surface area contributed by atoms with E-state index in [2.05, 4.69) is 10.5 Å². The molecule has 2 heterocycles. The van der Waals surface area contributed by atoms with Crippen LogP contribution in [0.3, 0.4) is 0 Å². The first-order valence-corrected chi connectivity index (χ1v) is 6.64. The normalized spacial score (nSPS) is 12.0. The maximum absolute atomic E-state index is 12.0. The fraction of sp³-hybridized carbons (Fsp3) is 0.357. The lowest BCUT2D eigenvalue weighted by atomic mass is 10.2. The van der Waals surface area contributed by atoms with Crippen molar-refractivity contribution in [3.63, 3.8) is 0 Å². The third kappa shape index (κ3) is 3.46. The number of urea groups is 1. The van der Waals surface area contributed by atoms with E-state index in [-0.39, 0.29) is 12.4 Å². The third-order valence-electron chi connectivity index (χ3n) is 3.19. The summed E-state index contributed by atoms with van der Waals surface area (Å²) >= 11 is 0. The molecule has 0 aliphatic rings. The number of nitrogens with zero attached hydrogens (tertiary/aromatic N) is 2. The molecule has 1 atom stereocenters. The van der Waals surface area contributed by atoms with Crippen molar-refractivity contribution in [3.8, 4) is 11.3 Å². The van der Waals surface area contributed by atoms with Crippen LogP contribution in [0.5, 0.6) is 0 Å². The molecule has 118 valence electrons. The molecule has 8 nitrogen and oxygen atoms in total. The van der Waals surface area contributed by atoms with Gasteiger partial charge in [0.1, 0.15) is 5.76 Å². The van der Waals surface area contributed by atoms with Crippen LogP contribution in [0.25, 0.3) is 11.3 Å². The van der Waals surface area contributed by atoms with Crippen molar-refractivity contribution in [3.05, 3.63) is 24.2 Å². The number of amides is 2. The Balaban J connectivity index is 1.99. The number of aromatic nitrogens is 1. The van der Waals surface area contributed by atoms with Gasteiger partial charge in [0.05, 0.1) is 17.7 Å². The van der Waals surface area contributed by atoms with Crippen LogP contribution in [-0.4, -0.2) is 40.8 Å². The maximum atomic E-state index is 12.0. The zero-order valence-corrected chi connectivity index (χ0v) is 12.5. The summed E-state index contributed by atoms with van der Waals surface area (Å²) in [6.07, 6.45) is 1.53. The topological polar surface area (TPSA) is 109 Å². The zero-order valence-electron chi connectivity index (χ0n) is 12.5. The zero-order chi connectivity index (χ0) is 16.3. The molecular formula is C14H17N3O5. The van der Waals surface area contributed by atoms with E-state index < -0.39 is 17.9 Å². The first kappa shape index (κ1) is 15.6. The Bertz CT molecular complexity index is 676. The summed E-state index contributed by atoms with van der Waals surface area (Å²) in [6.45, 7) is 3.41. The van der Waals surface area contributed by atoms with E-state index in [1.807, 2.05) is 0 Å². The highest BCUT2D eigenvalue weighted by atomic mass is 16.5. The average Bonchev–Trinajstić information content (AvgIpc) is 3.07. The van der Waals surface area contributed by atoms with Crippen LogP contribution >= 0.6 is 0 Å². The number of carboxylic acid groups (broad SMARTS) is 1. The molecule has 2 aromatic heterocycles. The lowest BCUT2D eigenvalue weighted by Gasteiger charge is -2.18. The van der Waals surface area contributed by atoms with Gasteiger partial charge in [0.15, 0.2) is 11.6 Å². The minimum atomic E-state index is -0.959. The molecular weight excluding hydrogens is 290 g/mol. The van der Waals surface area contributed by atoms with Crippen molar-refractivity contribution in [2.24, 2.45) is 5.92 Å². The number of hydrogen-bond donors (Lipinski definition) is 2. The summed E-state index contributed by atoms with van der Waals surface area (Å²) in [5.74, 6) is -0.212. The van der Waals surface area contributed by atoms with Gasteiger partial charge >= 0.3 is 12.0 Å². The van der Waals surface area contributed by atoms with Crippen LogP contribution in [0.2, 0.25) is 0 Å². The highest BCUT2D eigenvalue weighted by Gasteiger charge is 2.19. The lowest BCUT2D eigenvalue weighted by Crippen LogP contribution is -2.36. The van der Waals surface area contributed by atoms with E-state index in [0.29, 0.717) is 11.5 Å². The SMILES string of the molecule is Cc1occc1-c1cc(NC(=O)N(C)CC(C)C(=O)O)no1. The van der Waals surface area contributed by atoms with Gasteiger partial charge in [0.25, 0.3) is 0 Å². The molecule has 2 aromatic rings. The summed E-state index contributed by atoms with van der Waals surface area (Å²) in [5, 5.41) is 15.1. The molecule has 2 N–H and O–H groups in total. The van der Waals surface area contributed by atoms with E-state index >= 15 is 0 Å². The molecule has 2 rings (SSSR count). The first-order chi connectivity index (χ1) is 10.4. The monoisotopic (exact) mass is 307 g/mol. The largest absolute Gasteiger partial charge is 0.481 e. The second-order valence-corrected chi connectivity index (χ2v) is 5.02. The second kappa shape index (κ2) is 6.33. The predicted molar refractivity (Wildman–Crippen MR) is 77.4 cm³/mol. The van der Waals surface area contributed by atoms with Gasteiger partial charge in [-0.05, 0) is 13.0 Å². The van der Waals surface area contributed by atoms with Gasteiger partial charge in [-0.3, -0.25) is 10.1 Å². The summed E-state index contributed by atoms with van der Waals surface area (Å²) in [6, 6.07) is 2.85. The number of nitrogens with one attached hydrogen (secondary N) is 1. The molecule has 0 aliphatic carbocycles. The number of carbonyl (C=O) groups is 2. The first-order valence-electron chi connectivity index (χ1n) is 6.64. The third-order valence-corrected chi connectivity index (χ3v) is 3.19. The minimum absolute atomic E-state index is 0.0900. The van der Waals surface area contributed by atoms with Gasteiger partial charge in [0.2, 0.25) is 0 Å².